The predicted molar refractivity (Wildman–Crippen MR) is 102 cm³/mol. The second-order valence-electron chi connectivity index (χ2n) is 7.53. The smallest absolute Gasteiger partial charge is 0.387 e. The van der Waals surface area contributed by atoms with E-state index in [4.69, 9.17) is 4.74 Å². The lowest BCUT2D eigenvalue weighted by Crippen LogP contribution is -2.55. The van der Waals surface area contributed by atoms with E-state index in [-0.39, 0.29) is 17.2 Å². The number of benzene rings is 1. The highest BCUT2D eigenvalue weighted by Crippen LogP contribution is 2.25. The van der Waals surface area contributed by atoms with Gasteiger partial charge in [-0.1, -0.05) is 6.92 Å². The number of anilines is 1. The molecule has 3 rings (SSSR count). The fraction of sp³-hybridized carbons (Fsp3) is 0.632. The molecular formula is C19H28F2N4O2. The second-order valence-corrected chi connectivity index (χ2v) is 7.53. The third-order valence-electron chi connectivity index (χ3n) is 5.00. The van der Waals surface area contributed by atoms with Crippen LogP contribution in [0.5, 0.6) is 5.75 Å². The van der Waals surface area contributed by atoms with Gasteiger partial charge in [0.05, 0.1) is 13.2 Å². The molecule has 1 aromatic rings. The Kier molecular flexibility index (Phi) is 6.36. The zero-order valence-electron chi connectivity index (χ0n) is 15.9. The Morgan fingerprint density at radius 3 is 2.70 bits per heavy atom. The molecule has 27 heavy (non-hydrogen) atoms. The van der Waals surface area contributed by atoms with Crippen LogP contribution in [-0.2, 0) is 4.74 Å². The van der Waals surface area contributed by atoms with Crippen LogP contribution in [0.15, 0.2) is 29.3 Å². The van der Waals surface area contributed by atoms with Crippen LogP contribution in [-0.4, -0.2) is 58.5 Å². The monoisotopic (exact) mass is 382 g/mol. The molecule has 8 heteroatoms. The minimum absolute atomic E-state index is 0.179. The summed E-state index contributed by atoms with van der Waals surface area (Å²) in [5.41, 5.74) is 1.18. The fourth-order valence-electron chi connectivity index (χ4n) is 3.41. The number of halogens is 2. The van der Waals surface area contributed by atoms with Crippen molar-refractivity contribution in [3.8, 4) is 5.75 Å². The number of nitrogens with one attached hydrogen (secondary N) is 2. The Morgan fingerprint density at radius 1 is 1.37 bits per heavy atom. The molecule has 1 aromatic carbocycles. The van der Waals surface area contributed by atoms with E-state index in [2.05, 4.69) is 32.2 Å². The molecule has 0 aliphatic carbocycles. The van der Waals surface area contributed by atoms with E-state index in [0.717, 1.165) is 57.3 Å². The first kappa shape index (κ1) is 19.7. The Morgan fingerprint density at radius 2 is 2.11 bits per heavy atom. The average Bonchev–Trinajstić information content (AvgIpc) is 2.64. The molecule has 2 aliphatic heterocycles. The molecule has 1 unspecified atom stereocenters. The third-order valence-corrected chi connectivity index (χ3v) is 5.00. The molecule has 0 radical (unpaired) electrons. The van der Waals surface area contributed by atoms with Gasteiger partial charge in [0.2, 0.25) is 0 Å². The summed E-state index contributed by atoms with van der Waals surface area (Å²) >= 11 is 0. The summed E-state index contributed by atoms with van der Waals surface area (Å²) in [4.78, 5) is 6.58. The van der Waals surface area contributed by atoms with Crippen molar-refractivity contribution in [2.24, 2.45) is 10.4 Å². The van der Waals surface area contributed by atoms with Crippen molar-refractivity contribution in [2.45, 2.75) is 32.4 Å². The van der Waals surface area contributed by atoms with Gasteiger partial charge in [0.25, 0.3) is 0 Å². The number of hydrogen-bond donors (Lipinski definition) is 2. The number of ether oxygens (including phenoxy) is 2. The highest BCUT2D eigenvalue weighted by atomic mass is 19.3. The van der Waals surface area contributed by atoms with Gasteiger partial charge in [-0.25, -0.2) is 0 Å². The number of hydrogen-bond acceptors (Lipinski definition) is 4. The highest BCUT2D eigenvalue weighted by Gasteiger charge is 2.33. The number of rotatable bonds is 6. The Hall–Kier alpha value is -2.09. The van der Waals surface area contributed by atoms with Crippen molar-refractivity contribution in [3.05, 3.63) is 24.3 Å². The van der Waals surface area contributed by atoms with Gasteiger partial charge in [-0.3, -0.25) is 4.99 Å². The second kappa shape index (κ2) is 8.73. The summed E-state index contributed by atoms with van der Waals surface area (Å²) in [5.74, 6) is 0.981. The molecule has 2 aliphatic rings. The first-order chi connectivity index (χ1) is 13.0. The van der Waals surface area contributed by atoms with Crippen LogP contribution in [0.3, 0.4) is 0 Å². The molecule has 0 amide bonds. The molecule has 1 atom stereocenters. The minimum Gasteiger partial charge on any atom is -0.435 e. The molecule has 150 valence electrons. The number of piperidine rings is 1. The number of nitrogens with zero attached hydrogens (tertiary/aromatic N) is 2. The van der Waals surface area contributed by atoms with Crippen molar-refractivity contribution in [3.63, 3.8) is 0 Å². The predicted octanol–water partition coefficient (Wildman–Crippen LogP) is 2.46. The lowest BCUT2D eigenvalue weighted by atomic mass is 9.89. The van der Waals surface area contributed by atoms with Crippen LogP contribution in [0.4, 0.5) is 14.5 Å². The number of aliphatic imine (C=N–C) groups is 1. The van der Waals surface area contributed by atoms with Gasteiger partial charge in [-0.05, 0) is 37.1 Å². The van der Waals surface area contributed by atoms with Crippen molar-refractivity contribution in [1.29, 1.82) is 0 Å². The first-order valence-corrected chi connectivity index (χ1v) is 9.32. The molecular weight excluding hydrogens is 354 g/mol. The van der Waals surface area contributed by atoms with Gasteiger partial charge < -0.3 is 25.0 Å². The summed E-state index contributed by atoms with van der Waals surface area (Å²) in [6.07, 6.45) is 2.11. The fourth-order valence-corrected chi connectivity index (χ4v) is 3.41. The van der Waals surface area contributed by atoms with Crippen LogP contribution in [0.25, 0.3) is 0 Å². The average molecular weight is 382 g/mol. The van der Waals surface area contributed by atoms with Gasteiger partial charge in [0.1, 0.15) is 5.75 Å². The van der Waals surface area contributed by atoms with Crippen LogP contribution in [0.1, 0.15) is 19.8 Å². The Labute approximate surface area is 158 Å². The van der Waals surface area contributed by atoms with Crippen molar-refractivity contribution < 1.29 is 18.3 Å². The van der Waals surface area contributed by atoms with E-state index in [1.165, 1.54) is 0 Å². The van der Waals surface area contributed by atoms with Gasteiger partial charge >= 0.3 is 6.61 Å². The van der Waals surface area contributed by atoms with E-state index in [0.29, 0.717) is 0 Å². The van der Waals surface area contributed by atoms with E-state index >= 15 is 0 Å². The first-order valence-electron chi connectivity index (χ1n) is 9.32. The van der Waals surface area contributed by atoms with Crippen LogP contribution in [0, 0.1) is 5.41 Å². The molecule has 6 nitrogen and oxygen atoms in total. The van der Waals surface area contributed by atoms with E-state index in [1.807, 2.05) is 12.1 Å². The molecule has 2 heterocycles. The van der Waals surface area contributed by atoms with Gasteiger partial charge in [0, 0.05) is 43.8 Å². The van der Waals surface area contributed by atoms with Crippen LogP contribution in [0.2, 0.25) is 0 Å². The van der Waals surface area contributed by atoms with E-state index < -0.39 is 6.61 Å². The molecule has 0 spiro atoms. The topological polar surface area (TPSA) is 58.1 Å². The van der Waals surface area contributed by atoms with Gasteiger partial charge in [-0.15, -0.1) is 0 Å². The summed E-state index contributed by atoms with van der Waals surface area (Å²) in [7, 11) is 1.78. The SMILES string of the molecule is CN=C(NCC1(C)COC1)NC1CCCN(c2ccc(OC(F)F)cc2)C1. The van der Waals surface area contributed by atoms with Gasteiger partial charge in [0.15, 0.2) is 5.96 Å². The molecule has 0 bridgehead atoms. The van der Waals surface area contributed by atoms with Crippen LogP contribution >= 0.6 is 0 Å². The summed E-state index contributed by atoms with van der Waals surface area (Å²) in [6.45, 7) is 3.55. The highest BCUT2D eigenvalue weighted by molar-refractivity contribution is 5.80. The van der Waals surface area contributed by atoms with Crippen molar-refractivity contribution in [2.75, 3.05) is 44.8 Å². The molecule has 0 aromatic heterocycles. The minimum atomic E-state index is -2.80. The van der Waals surface area contributed by atoms with Crippen molar-refractivity contribution >= 4 is 11.6 Å². The molecule has 2 fully saturated rings. The molecule has 0 saturated carbocycles. The quantitative estimate of drug-likeness (QED) is 0.585. The van der Waals surface area contributed by atoms with E-state index in [9.17, 15) is 8.78 Å². The number of alkyl halides is 2. The molecule has 2 saturated heterocycles. The maximum atomic E-state index is 12.3. The number of guanidine groups is 1. The Bertz CT molecular complexity index is 635. The van der Waals surface area contributed by atoms with E-state index in [1.54, 1.807) is 19.2 Å². The zero-order valence-corrected chi connectivity index (χ0v) is 15.9. The summed E-state index contributed by atoms with van der Waals surface area (Å²) in [5, 5.41) is 6.89. The lowest BCUT2D eigenvalue weighted by Gasteiger charge is -2.39. The maximum Gasteiger partial charge on any atom is 0.387 e. The standard InChI is InChI=1S/C19H28F2N4O2/c1-19(12-26-13-19)11-23-18(22-2)24-14-4-3-9-25(10-14)15-5-7-16(8-6-15)27-17(20)21/h5-8,14,17H,3-4,9-13H2,1-2H3,(H2,22,23,24). The zero-order chi connectivity index (χ0) is 19.3. The molecule has 2 N–H and O–H groups in total. The lowest BCUT2D eigenvalue weighted by molar-refractivity contribution is -0.0971. The Balaban J connectivity index is 1.52. The van der Waals surface area contributed by atoms with Crippen LogP contribution < -0.4 is 20.3 Å². The normalized spacial score (nSPS) is 22.3. The largest absolute Gasteiger partial charge is 0.435 e. The van der Waals surface area contributed by atoms with Gasteiger partial charge in [-0.2, -0.15) is 8.78 Å². The summed E-state index contributed by atoms with van der Waals surface area (Å²) in [6, 6.07) is 7.09. The summed E-state index contributed by atoms with van der Waals surface area (Å²) < 4.78 is 34.3. The van der Waals surface area contributed by atoms with Crippen molar-refractivity contribution in [1.82, 2.24) is 10.6 Å². The maximum absolute atomic E-state index is 12.3. The third kappa shape index (κ3) is 5.45.